The highest BCUT2D eigenvalue weighted by atomic mass is 32.2. The Balaban J connectivity index is 1.37. The number of piperazine rings is 1. The van der Waals surface area contributed by atoms with Crippen molar-refractivity contribution < 1.29 is 8.42 Å². The maximum atomic E-state index is 12.1. The van der Waals surface area contributed by atoms with Crippen molar-refractivity contribution in [3.63, 3.8) is 0 Å². The number of benzene rings is 2. The maximum Gasteiger partial charge on any atom is 0.213 e. The molecule has 1 aromatic heterocycles. The van der Waals surface area contributed by atoms with Crippen molar-refractivity contribution in [1.82, 2.24) is 14.6 Å². The molecule has 1 fully saturated rings. The van der Waals surface area contributed by atoms with Crippen molar-refractivity contribution in [2.24, 2.45) is 0 Å². The molecule has 0 unspecified atom stereocenters. The lowest BCUT2D eigenvalue weighted by Gasteiger charge is -2.35. The first kappa shape index (κ1) is 20.5. The van der Waals surface area contributed by atoms with Gasteiger partial charge in [0.1, 0.15) is 0 Å². The molecule has 7 heteroatoms. The van der Waals surface area contributed by atoms with Gasteiger partial charge < -0.3 is 15.2 Å². The number of hydrogen-bond acceptors (Lipinski definition) is 4. The minimum absolute atomic E-state index is 0.145. The van der Waals surface area contributed by atoms with E-state index in [1.807, 2.05) is 0 Å². The first-order chi connectivity index (χ1) is 15.0. The van der Waals surface area contributed by atoms with Crippen molar-refractivity contribution in [3.05, 3.63) is 65.4 Å². The quantitative estimate of drug-likeness (QED) is 0.656. The van der Waals surface area contributed by atoms with Crippen LogP contribution in [0.4, 0.5) is 5.69 Å². The number of fused-ring (bicyclic) bond motifs is 3. The molecule has 2 aromatic carbocycles. The summed E-state index contributed by atoms with van der Waals surface area (Å²) in [4.78, 5) is 5.93. The molecule has 2 aliphatic rings. The molecule has 2 N–H and O–H groups in total. The molecule has 5 rings (SSSR count). The number of aromatic nitrogens is 1. The van der Waals surface area contributed by atoms with E-state index in [-0.39, 0.29) is 11.8 Å². The van der Waals surface area contributed by atoms with Crippen LogP contribution < -0.4 is 10.2 Å². The van der Waals surface area contributed by atoms with E-state index in [0.29, 0.717) is 19.1 Å². The summed E-state index contributed by atoms with van der Waals surface area (Å²) in [5.41, 5.74) is 6.29. The highest BCUT2D eigenvalue weighted by Crippen LogP contribution is 2.35. The van der Waals surface area contributed by atoms with Crippen LogP contribution in [-0.2, 0) is 16.4 Å². The predicted molar refractivity (Wildman–Crippen MR) is 126 cm³/mol. The molecular weight excluding hydrogens is 408 g/mol. The second-order valence-corrected chi connectivity index (χ2v) is 10.9. The van der Waals surface area contributed by atoms with Crippen LogP contribution in [0.5, 0.6) is 0 Å². The number of nitrogens with zero attached hydrogens (tertiary/aromatic N) is 2. The molecule has 164 valence electrons. The Bertz CT molecular complexity index is 1180. The molecule has 0 radical (unpaired) electrons. The second kappa shape index (κ2) is 7.97. The predicted octanol–water partition coefficient (Wildman–Crippen LogP) is 3.26. The third-order valence-electron chi connectivity index (χ3n) is 6.69. The minimum atomic E-state index is -3.10. The van der Waals surface area contributed by atoms with Crippen molar-refractivity contribution in [2.45, 2.75) is 32.4 Å². The number of aromatic amines is 1. The minimum Gasteiger partial charge on any atom is -0.369 e. The summed E-state index contributed by atoms with van der Waals surface area (Å²) in [5, 5.41) is 5.09. The summed E-state index contributed by atoms with van der Waals surface area (Å²) < 4.78 is 25.8. The maximum absolute atomic E-state index is 12.1. The van der Waals surface area contributed by atoms with Gasteiger partial charge in [0.15, 0.2) is 0 Å². The lowest BCUT2D eigenvalue weighted by atomic mass is 9.91. The van der Waals surface area contributed by atoms with Gasteiger partial charge in [0.25, 0.3) is 0 Å². The zero-order chi connectivity index (χ0) is 21.6. The van der Waals surface area contributed by atoms with Crippen LogP contribution in [0.2, 0.25) is 0 Å². The van der Waals surface area contributed by atoms with Crippen LogP contribution in [0.25, 0.3) is 10.9 Å². The Morgan fingerprint density at radius 1 is 1.00 bits per heavy atom. The van der Waals surface area contributed by atoms with Gasteiger partial charge in [-0.1, -0.05) is 30.3 Å². The molecule has 0 saturated carbocycles. The van der Waals surface area contributed by atoms with Crippen molar-refractivity contribution >= 4 is 26.6 Å². The summed E-state index contributed by atoms with van der Waals surface area (Å²) in [5.74, 6) is 0.171. The summed E-state index contributed by atoms with van der Waals surface area (Å²) in [7, 11) is -3.10. The van der Waals surface area contributed by atoms with E-state index in [4.69, 9.17) is 0 Å². The third-order valence-corrected chi connectivity index (χ3v) is 8.57. The lowest BCUT2D eigenvalue weighted by Crippen LogP contribution is -2.49. The van der Waals surface area contributed by atoms with Crippen LogP contribution in [-0.4, -0.2) is 55.7 Å². The van der Waals surface area contributed by atoms with E-state index in [0.717, 1.165) is 25.2 Å². The first-order valence-electron chi connectivity index (χ1n) is 11.1. The summed E-state index contributed by atoms with van der Waals surface area (Å²) in [6.07, 6.45) is 1.03. The van der Waals surface area contributed by atoms with Crippen molar-refractivity contribution in [1.29, 1.82) is 0 Å². The molecule has 6 nitrogen and oxygen atoms in total. The Morgan fingerprint density at radius 2 is 1.71 bits per heavy atom. The molecule has 0 amide bonds. The van der Waals surface area contributed by atoms with E-state index in [1.54, 1.807) is 11.2 Å². The van der Waals surface area contributed by atoms with E-state index >= 15 is 0 Å². The average Bonchev–Trinajstić information content (AvgIpc) is 3.17. The second-order valence-electron chi connectivity index (χ2n) is 8.65. The molecule has 2 aliphatic heterocycles. The highest BCUT2D eigenvalue weighted by Gasteiger charge is 2.29. The summed E-state index contributed by atoms with van der Waals surface area (Å²) in [6, 6.07) is 17.8. The van der Waals surface area contributed by atoms with E-state index in [9.17, 15) is 8.42 Å². The SMILES string of the molecule is CCS(=O)(=O)N1CCN(c2ccc([C@H]3N[C@@H](C)Cc4c3[nH]c3ccccc43)cc2)CC1. The first-order valence-corrected chi connectivity index (χ1v) is 12.8. The summed E-state index contributed by atoms with van der Waals surface area (Å²) in [6.45, 7) is 6.51. The lowest BCUT2D eigenvalue weighted by molar-refractivity contribution is 0.385. The van der Waals surface area contributed by atoms with E-state index in [2.05, 4.69) is 70.7 Å². The van der Waals surface area contributed by atoms with Gasteiger partial charge in [-0.3, -0.25) is 0 Å². The van der Waals surface area contributed by atoms with Crippen LogP contribution in [0.3, 0.4) is 0 Å². The summed E-state index contributed by atoms with van der Waals surface area (Å²) >= 11 is 0. The fraction of sp³-hybridized carbons (Fsp3) is 0.417. The fourth-order valence-corrected chi connectivity index (χ4v) is 6.05. The van der Waals surface area contributed by atoms with Crippen LogP contribution in [0, 0.1) is 0 Å². The Hall–Kier alpha value is -2.35. The molecule has 3 aromatic rings. The van der Waals surface area contributed by atoms with Gasteiger partial charge in [0, 0.05) is 54.5 Å². The smallest absolute Gasteiger partial charge is 0.213 e. The monoisotopic (exact) mass is 438 g/mol. The van der Waals surface area contributed by atoms with Gasteiger partial charge in [0.2, 0.25) is 10.0 Å². The Morgan fingerprint density at radius 3 is 2.42 bits per heavy atom. The van der Waals surface area contributed by atoms with Gasteiger partial charge in [-0.15, -0.1) is 0 Å². The van der Waals surface area contributed by atoms with Crippen molar-refractivity contribution in [3.8, 4) is 0 Å². The number of anilines is 1. The number of para-hydroxylation sites is 1. The molecule has 3 heterocycles. The van der Waals surface area contributed by atoms with E-state index < -0.39 is 10.0 Å². The molecule has 0 bridgehead atoms. The van der Waals surface area contributed by atoms with Gasteiger partial charge >= 0.3 is 0 Å². The average molecular weight is 439 g/mol. The molecule has 0 aliphatic carbocycles. The molecule has 1 saturated heterocycles. The van der Waals surface area contributed by atoms with E-state index in [1.165, 1.54) is 27.7 Å². The normalized spacial score (nSPS) is 22.6. The van der Waals surface area contributed by atoms with Gasteiger partial charge in [-0.05, 0) is 49.6 Å². The molecule has 31 heavy (non-hydrogen) atoms. The largest absolute Gasteiger partial charge is 0.369 e. The Labute approximate surface area is 184 Å². The number of rotatable bonds is 4. The number of H-pyrrole nitrogens is 1. The number of hydrogen-bond donors (Lipinski definition) is 2. The fourth-order valence-electron chi connectivity index (χ4n) is 4.97. The highest BCUT2D eigenvalue weighted by molar-refractivity contribution is 7.89. The number of nitrogens with one attached hydrogen (secondary N) is 2. The zero-order valence-corrected chi connectivity index (χ0v) is 19.0. The van der Waals surface area contributed by atoms with Crippen molar-refractivity contribution in [2.75, 3.05) is 36.8 Å². The van der Waals surface area contributed by atoms with Crippen LogP contribution in [0.1, 0.15) is 36.7 Å². The molecular formula is C24H30N4O2S. The molecule has 2 atom stereocenters. The Kier molecular flexibility index (Phi) is 5.28. The van der Waals surface area contributed by atoms with Gasteiger partial charge in [-0.25, -0.2) is 8.42 Å². The molecule has 0 spiro atoms. The third kappa shape index (κ3) is 3.75. The van der Waals surface area contributed by atoms with Crippen LogP contribution >= 0.6 is 0 Å². The standard InChI is InChI=1S/C24H30N4O2S/c1-3-31(29,30)28-14-12-27(13-15-28)19-10-8-18(9-11-19)23-24-21(16-17(2)25-23)20-6-4-5-7-22(20)26-24/h4-11,17,23,25-26H,3,12-16H2,1-2H3/t17-,23+/m0/s1. The zero-order valence-electron chi connectivity index (χ0n) is 18.1. The van der Waals surface area contributed by atoms with Crippen LogP contribution in [0.15, 0.2) is 48.5 Å². The topological polar surface area (TPSA) is 68.4 Å². The van der Waals surface area contributed by atoms with Gasteiger partial charge in [0.05, 0.1) is 11.8 Å². The van der Waals surface area contributed by atoms with Gasteiger partial charge in [-0.2, -0.15) is 4.31 Å². The number of sulfonamides is 1.